The summed E-state index contributed by atoms with van der Waals surface area (Å²) < 4.78 is 2.12. The van der Waals surface area contributed by atoms with Crippen LogP contribution >= 0.6 is 11.6 Å². The van der Waals surface area contributed by atoms with Crippen molar-refractivity contribution in [2.45, 2.75) is 25.8 Å². The molecule has 0 atom stereocenters. The summed E-state index contributed by atoms with van der Waals surface area (Å²) in [7, 11) is 0. The van der Waals surface area contributed by atoms with Crippen molar-refractivity contribution in [3.8, 4) is 0 Å². The molecule has 0 spiro atoms. The van der Waals surface area contributed by atoms with E-state index >= 15 is 0 Å². The van der Waals surface area contributed by atoms with Crippen LogP contribution in [-0.2, 0) is 6.54 Å². The first kappa shape index (κ1) is 14.5. The van der Waals surface area contributed by atoms with Crippen LogP contribution in [0.2, 0.25) is 5.28 Å². The lowest BCUT2D eigenvalue weighted by atomic mass is 10.1. The average Bonchev–Trinajstić information content (AvgIpc) is 2.98. The number of fused-ring (bicyclic) bond motifs is 1. The van der Waals surface area contributed by atoms with Gasteiger partial charge in [-0.1, -0.05) is 30.3 Å². The number of nitrogens with zero attached hydrogens (tertiary/aromatic N) is 5. The summed E-state index contributed by atoms with van der Waals surface area (Å²) in [6.45, 7) is 2.78. The Morgan fingerprint density at radius 2 is 1.78 bits per heavy atom. The van der Waals surface area contributed by atoms with Gasteiger partial charge in [0.2, 0.25) is 5.28 Å². The van der Waals surface area contributed by atoms with Crippen LogP contribution < -0.4 is 4.90 Å². The Labute approximate surface area is 139 Å². The summed E-state index contributed by atoms with van der Waals surface area (Å²) in [4.78, 5) is 15.5. The smallest absolute Gasteiger partial charge is 0.226 e. The number of rotatable bonds is 3. The SMILES string of the molecule is Clc1nc(N2CCCCC2)c2c(ncn2Cc2ccccc2)n1. The minimum atomic E-state index is 0.267. The topological polar surface area (TPSA) is 46.8 Å². The second kappa shape index (κ2) is 6.16. The normalized spacial score (nSPS) is 15.3. The lowest BCUT2D eigenvalue weighted by Crippen LogP contribution is -2.30. The van der Waals surface area contributed by atoms with Gasteiger partial charge in [-0.3, -0.25) is 0 Å². The summed E-state index contributed by atoms with van der Waals surface area (Å²) in [5.74, 6) is 0.910. The second-order valence-corrected chi connectivity index (χ2v) is 6.23. The highest BCUT2D eigenvalue weighted by Crippen LogP contribution is 2.27. The van der Waals surface area contributed by atoms with Gasteiger partial charge in [0, 0.05) is 19.6 Å². The third-order valence-electron chi connectivity index (χ3n) is 4.28. The monoisotopic (exact) mass is 327 g/mol. The van der Waals surface area contributed by atoms with Gasteiger partial charge in [0.05, 0.1) is 6.33 Å². The second-order valence-electron chi connectivity index (χ2n) is 5.89. The number of benzene rings is 1. The largest absolute Gasteiger partial charge is 0.355 e. The summed E-state index contributed by atoms with van der Waals surface area (Å²) in [6, 6.07) is 10.4. The fraction of sp³-hybridized carbons (Fsp3) is 0.353. The third-order valence-corrected chi connectivity index (χ3v) is 4.45. The van der Waals surface area contributed by atoms with Crippen LogP contribution in [0.1, 0.15) is 24.8 Å². The highest BCUT2D eigenvalue weighted by atomic mass is 35.5. The van der Waals surface area contributed by atoms with Crippen molar-refractivity contribution in [1.29, 1.82) is 0 Å². The van der Waals surface area contributed by atoms with E-state index in [1.165, 1.54) is 24.8 Å². The van der Waals surface area contributed by atoms with Crippen molar-refractivity contribution >= 4 is 28.6 Å². The quantitative estimate of drug-likeness (QED) is 0.691. The first-order chi connectivity index (χ1) is 11.3. The molecule has 4 rings (SSSR count). The van der Waals surface area contributed by atoms with E-state index in [0.29, 0.717) is 5.65 Å². The van der Waals surface area contributed by atoms with Crippen LogP contribution in [-0.4, -0.2) is 32.6 Å². The van der Waals surface area contributed by atoms with Crippen molar-refractivity contribution in [2.75, 3.05) is 18.0 Å². The summed E-state index contributed by atoms with van der Waals surface area (Å²) >= 11 is 6.11. The molecule has 6 heteroatoms. The maximum Gasteiger partial charge on any atom is 0.226 e. The molecule has 0 saturated carbocycles. The minimum Gasteiger partial charge on any atom is -0.355 e. The number of hydrogen-bond acceptors (Lipinski definition) is 4. The van der Waals surface area contributed by atoms with Crippen LogP contribution in [0.25, 0.3) is 11.2 Å². The molecular formula is C17H18ClN5. The van der Waals surface area contributed by atoms with Crippen molar-refractivity contribution in [3.63, 3.8) is 0 Å². The molecule has 0 radical (unpaired) electrons. The Morgan fingerprint density at radius 1 is 1.00 bits per heavy atom. The van der Waals surface area contributed by atoms with Gasteiger partial charge in [0.1, 0.15) is 5.52 Å². The number of anilines is 1. The minimum absolute atomic E-state index is 0.267. The lowest BCUT2D eigenvalue weighted by Gasteiger charge is -2.28. The summed E-state index contributed by atoms with van der Waals surface area (Å²) in [5.41, 5.74) is 2.87. The van der Waals surface area contributed by atoms with E-state index in [9.17, 15) is 0 Å². The number of imidazole rings is 1. The number of aromatic nitrogens is 4. The van der Waals surface area contributed by atoms with Crippen molar-refractivity contribution in [3.05, 3.63) is 47.5 Å². The van der Waals surface area contributed by atoms with E-state index < -0.39 is 0 Å². The first-order valence-electron chi connectivity index (χ1n) is 7.98. The fourth-order valence-electron chi connectivity index (χ4n) is 3.16. The molecule has 0 bridgehead atoms. The third kappa shape index (κ3) is 2.88. The van der Waals surface area contributed by atoms with E-state index in [-0.39, 0.29) is 5.28 Å². The Hall–Kier alpha value is -2.14. The molecule has 1 saturated heterocycles. The molecule has 3 aromatic rings. The van der Waals surface area contributed by atoms with Crippen LogP contribution in [0.3, 0.4) is 0 Å². The molecule has 1 fully saturated rings. The number of hydrogen-bond donors (Lipinski definition) is 0. The Morgan fingerprint density at radius 3 is 2.57 bits per heavy atom. The predicted molar refractivity (Wildman–Crippen MR) is 91.9 cm³/mol. The first-order valence-corrected chi connectivity index (χ1v) is 8.36. The molecule has 0 amide bonds. The molecular weight excluding hydrogens is 310 g/mol. The van der Waals surface area contributed by atoms with Gasteiger partial charge >= 0.3 is 0 Å². The zero-order valence-electron chi connectivity index (χ0n) is 12.8. The van der Waals surface area contributed by atoms with E-state index in [1.807, 2.05) is 24.5 Å². The summed E-state index contributed by atoms with van der Waals surface area (Å²) in [5, 5.41) is 0.267. The van der Waals surface area contributed by atoms with Crippen LogP contribution in [0.4, 0.5) is 5.82 Å². The fourth-order valence-corrected chi connectivity index (χ4v) is 3.32. The van der Waals surface area contributed by atoms with Crippen molar-refractivity contribution < 1.29 is 0 Å². The maximum atomic E-state index is 6.11. The zero-order chi connectivity index (χ0) is 15.6. The molecule has 1 aromatic carbocycles. The van der Waals surface area contributed by atoms with E-state index in [1.54, 1.807) is 0 Å². The molecule has 0 aliphatic carbocycles. The Bertz CT molecular complexity index is 808. The Kier molecular flexibility index (Phi) is 3.87. The van der Waals surface area contributed by atoms with E-state index in [4.69, 9.17) is 11.6 Å². The molecule has 1 aliphatic heterocycles. The average molecular weight is 328 g/mol. The predicted octanol–water partition coefficient (Wildman–Crippen LogP) is 3.52. The molecule has 2 aromatic heterocycles. The van der Waals surface area contributed by atoms with E-state index in [0.717, 1.165) is 31.0 Å². The molecule has 1 aliphatic rings. The van der Waals surface area contributed by atoms with Crippen LogP contribution in [0.5, 0.6) is 0 Å². The highest BCUT2D eigenvalue weighted by Gasteiger charge is 2.20. The van der Waals surface area contributed by atoms with E-state index in [2.05, 4.69) is 36.6 Å². The van der Waals surface area contributed by atoms with Crippen LogP contribution in [0.15, 0.2) is 36.7 Å². The molecule has 23 heavy (non-hydrogen) atoms. The van der Waals surface area contributed by atoms with Gasteiger partial charge in [0.25, 0.3) is 0 Å². The Balaban J connectivity index is 1.79. The molecule has 0 unspecified atom stereocenters. The van der Waals surface area contributed by atoms with Crippen molar-refractivity contribution in [1.82, 2.24) is 19.5 Å². The molecule has 5 nitrogen and oxygen atoms in total. The molecule has 118 valence electrons. The van der Waals surface area contributed by atoms with Gasteiger partial charge < -0.3 is 9.47 Å². The van der Waals surface area contributed by atoms with Crippen LogP contribution in [0, 0.1) is 0 Å². The van der Waals surface area contributed by atoms with Gasteiger partial charge in [-0.2, -0.15) is 9.97 Å². The van der Waals surface area contributed by atoms with Gasteiger partial charge in [0.15, 0.2) is 11.5 Å². The van der Waals surface area contributed by atoms with Crippen molar-refractivity contribution in [2.24, 2.45) is 0 Å². The number of piperidine rings is 1. The van der Waals surface area contributed by atoms with Gasteiger partial charge in [-0.25, -0.2) is 4.98 Å². The van der Waals surface area contributed by atoms with Gasteiger partial charge in [-0.15, -0.1) is 0 Å². The van der Waals surface area contributed by atoms with Gasteiger partial charge in [-0.05, 0) is 36.4 Å². The molecule has 3 heterocycles. The molecule has 0 N–H and O–H groups in total. The summed E-state index contributed by atoms with van der Waals surface area (Å²) in [6.07, 6.45) is 5.49. The lowest BCUT2D eigenvalue weighted by molar-refractivity contribution is 0.573. The number of halogens is 1. The highest BCUT2D eigenvalue weighted by molar-refractivity contribution is 6.28. The maximum absolute atomic E-state index is 6.11. The zero-order valence-corrected chi connectivity index (χ0v) is 13.6. The standard InChI is InChI=1S/C17H18ClN5/c18-17-20-15-14(16(21-17)22-9-5-2-6-10-22)23(12-19-15)11-13-7-3-1-4-8-13/h1,3-4,7-8,12H,2,5-6,9-11H2.